The highest BCUT2D eigenvalue weighted by Crippen LogP contribution is 2.35. The number of benzene rings is 3. The van der Waals surface area contributed by atoms with E-state index in [-0.39, 0.29) is 18.3 Å². The third kappa shape index (κ3) is 4.38. The van der Waals surface area contributed by atoms with E-state index >= 15 is 4.39 Å². The van der Waals surface area contributed by atoms with Gasteiger partial charge >= 0.3 is 0 Å². The molecule has 0 saturated heterocycles. The molecule has 180 valence electrons. The van der Waals surface area contributed by atoms with Crippen LogP contribution in [0.5, 0.6) is 0 Å². The highest BCUT2D eigenvalue weighted by atomic mass is 35.5. The third-order valence-electron chi connectivity index (χ3n) is 5.91. The second-order valence-electron chi connectivity index (χ2n) is 8.12. The third-order valence-corrected chi connectivity index (χ3v) is 6.15. The first-order valence-corrected chi connectivity index (χ1v) is 11.6. The van der Waals surface area contributed by atoms with Crippen LogP contribution in [0.2, 0.25) is 5.02 Å². The van der Waals surface area contributed by atoms with Gasteiger partial charge in [-0.2, -0.15) is 0 Å². The van der Waals surface area contributed by atoms with Crippen molar-refractivity contribution in [3.8, 4) is 11.3 Å². The molecule has 0 radical (unpaired) electrons. The highest BCUT2D eigenvalue weighted by molar-refractivity contribution is 6.31. The molecular weight excluding hydrogens is 479 g/mol. The van der Waals surface area contributed by atoms with Gasteiger partial charge in [-0.15, -0.1) is 0 Å². The van der Waals surface area contributed by atoms with Gasteiger partial charge in [0, 0.05) is 58.9 Å². The number of aromatic nitrogens is 2. The standard InChI is InChI=1S/C27H22ClFN6O/c1-30-22-5-3-4-21(29)23(22)25-20-12-17(28)8-11-19(20)24-16(13-32-25)14-33-27(35-24)34-18-9-6-15(7-10-18)26(36)31-2/h3-12,14,30H,13H2,1-2H3,(H,31,36)(H,33,34,35). The maximum Gasteiger partial charge on any atom is 0.251 e. The summed E-state index contributed by atoms with van der Waals surface area (Å²) in [7, 11) is 3.33. The van der Waals surface area contributed by atoms with E-state index < -0.39 is 0 Å². The first-order chi connectivity index (χ1) is 17.5. The van der Waals surface area contributed by atoms with Crippen molar-refractivity contribution in [1.82, 2.24) is 15.3 Å². The molecule has 0 fully saturated rings. The number of amides is 1. The first kappa shape index (κ1) is 23.4. The van der Waals surface area contributed by atoms with E-state index in [0.29, 0.717) is 44.8 Å². The number of rotatable bonds is 5. The zero-order chi connectivity index (χ0) is 25.2. The summed E-state index contributed by atoms with van der Waals surface area (Å²) in [4.78, 5) is 25.8. The van der Waals surface area contributed by atoms with Gasteiger partial charge in [0.15, 0.2) is 0 Å². The zero-order valence-corrected chi connectivity index (χ0v) is 20.3. The Labute approximate surface area is 212 Å². The minimum atomic E-state index is -0.383. The van der Waals surface area contributed by atoms with E-state index in [9.17, 15) is 4.79 Å². The molecule has 7 nitrogen and oxygen atoms in total. The van der Waals surface area contributed by atoms with E-state index in [1.54, 1.807) is 68.8 Å². The van der Waals surface area contributed by atoms with Crippen molar-refractivity contribution < 1.29 is 9.18 Å². The predicted molar refractivity (Wildman–Crippen MR) is 141 cm³/mol. The molecule has 0 unspecified atom stereocenters. The lowest BCUT2D eigenvalue weighted by atomic mass is 9.94. The summed E-state index contributed by atoms with van der Waals surface area (Å²) in [5.41, 5.74) is 5.72. The van der Waals surface area contributed by atoms with Crippen molar-refractivity contribution in [3.05, 3.63) is 100.0 Å². The van der Waals surface area contributed by atoms with Crippen LogP contribution in [0.3, 0.4) is 0 Å². The number of carbonyl (C=O) groups is 1. The van der Waals surface area contributed by atoms with E-state index in [0.717, 1.165) is 16.8 Å². The van der Waals surface area contributed by atoms with E-state index in [2.05, 4.69) is 20.9 Å². The van der Waals surface area contributed by atoms with E-state index in [1.807, 2.05) is 6.07 Å². The Hall–Kier alpha value is -4.30. The molecular formula is C27H22ClFN6O. The zero-order valence-electron chi connectivity index (χ0n) is 19.6. The van der Waals surface area contributed by atoms with E-state index in [1.165, 1.54) is 6.07 Å². The number of fused-ring (bicyclic) bond motifs is 3. The summed E-state index contributed by atoms with van der Waals surface area (Å²) in [5, 5.41) is 9.35. The maximum absolute atomic E-state index is 15.1. The molecule has 4 aromatic rings. The molecule has 1 amide bonds. The molecule has 9 heteroatoms. The SMILES string of the molecule is CNC(=O)c1ccc(Nc2ncc3c(n2)-c2ccc(Cl)cc2C(c2c(F)cccc2NC)=NC3)cc1. The number of hydrogen-bond donors (Lipinski definition) is 3. The normalized spacial score (nSPS) is 12.1. The van der Waals surface area contributed by atoms with Crippen LogP contribution in [0.1, 0.15) is 27.0 Å². The van der Waals surface area contributed by atoms with Crippen LogP contribution in [0, 0.1) is 5.82 Å². The quantitative estimate of drug-likeness (QED) is 0.340. The Kier molecular flexibility index (Phi) is 6.35. The van der Waals surface area contributed by atoms with Crippen LogP contribution < -0.4 is 16.0 Å². The Bertz CT molecular complexity index is 1500. The topological polar surface area (TPSA) is 91.3 Å². The van der Waals surface area contributed by atoms with Gasteiger partial charge in [-0.3, -0.25) is 9.79 Å². The average Bonchev–Trinajstić information content (AvgIpc) is 3.04. The maximum atomic E-state index is 15.1. The van der Waals surface area contributed by atoms with Gasteiger partial charge in [0.05, 0.1) is 23.5 Å². The summed E-state index contributed by atoms with van der Waals surface area (Å²) in [5.74, 6) is -0.163. The molecule has 0 atom stereocenters. The minimum Gasteiger partial charge on any atom is -0.387 e. The lowest BCUT2D eigenvalue weighted by Crippen LogP contribution is -2.17. The Morgan fingerprint density at radius 3 is 2.58 bits per heavy atom. The number of carbonyl (C=O) groups excluding carboxylic acids is 1. The summed E-state index contributed by atoms with van der Waals surface area (Å²) in [6, 6.07) is 17.3. The number of aliphatic imine (C=N–C) groups is 1. The van der Waals surface area contributed by atoms with Crippen molar-refractivity contribution in [1.29, 1.82) is 0 Å². The summed E-state index contributed by atoms with van der Waals surface area (Å²) >= 11 is 6.37. The lowest BCUT2D eigenvalue weighted by Gasteiger charge is -2.15. The lowest BCUT2D eigenvalue weighted by molar-refractivity contribution is 0.0963. The Balaban J connectivity index is 1.57. The first-order valence-electron chi connectivity index (χ1n) is 11.2. The van der Waals surface area contributed by atoms with Crippen molar-refractivity contribution in [2.75, 3.05) is 24.7 Å². The molecule has 0 spiro atoms. The van der Waals surface area contributed by atoms with Gasteiger partial charge in [-0.1, -0.05) is 23.7 Å². The van der Waals surface area contributed by atoms with Crippen LogP contribution in [0.15, 0.2) is 71.9 Å². The molecule has 2 heterocycles. The summed E-state index contributed by atoms with van der Waals surface area (Å²) < 4.78 is 15.1. The molecule has 0 bridgehead atoms. The number of anilines is 3. The number of nitrogens with one attached hydrogen (secondary N) is 3. The van der Waals surface area contributed by atoms with Gasteiger partial charge in [-0.25, -0.2) is 14.4 Å². The van der Waals surface area contributed by atoms with Crippen molar-refractivity contribution in [3.63, 3.8) is 0 Å². The van der Waals surface area contributed by atoms with Gasteiger partial charge in [0.1, 0.15) is 5.82 Å². The van der Waals surface area contributed by atoms with Crippen molar-refractivity contribution in [2.45, 2.75) is 6.54 Å². The Morgan fingerprint density at radius 1 is 1.03 bits per heavy atom. The fourth-order valence-corrected chi connectivity index (χ4v) is 4.32. The fraction of sp³-hybridized carbons (Fsp3) is 0.111. The van der Waals surface area contributed by atoms with Crippen LogP contribution >= 0.6 is 11.6 Å². The molecule has 0 aliphatic carbocycles. The number of hydrogen-bond acceptors (Lipinski definition) is 6. The molecule has 1 aliphatic rings. The minimum absolute atomic E-state index is 0.162. The largest absolute Gasteiger partial charge is 0.387 e. The van der Waals surface area contributed by atoms with Gasteiger partial charge in [0.2, 0.25) is 5.95 Å². The number of halogens is 2. The molecule has 1 aromatic heterocycles. The van der Waals surface area contributed by atoms with Gasteiger partial charge in [0.25, 0.3) is 5.91 Å². The van der Waals surface area contributed by atoms with Crippen molar-refractivity contribution >= 4 is 40.5 Å². The van der Waals surface area contributed by atoms with Crippen LogP contribution in [-0.4, -0.2) is 35.7 Å². The second kappa shape index (κ2) is 9.75. The average molecular weight is 501 g/mol. The molecule has 0 saturated carbocycles. The molecule has 3 N–H and O–H groups in total. The van der Waals surface area contributed by atoms with Crippen molar-refractivity contribution in [2.24, 2.45) is 4.99 Å². The smallest absolute Gasteiger partial charge is 0.251 e. The molecule has 36 heavy (non-hydrogen) atoms. The van der Waals surface area contributed by atoms with Crippen LogP contribution in [0.25, 0.3) is 11.3 Å². The second-order valence-corrected chi connectivity index (χ2v) is 8.55. The summed E-state index contributed by atoms with van der Waals surface area (Å²) in [6.07, 6.45) is 1.72. The van der Waals surface area contributed by atoms with Crippen LogP contribution in [-0.2, 0) is 6.54 Å². The van der Waals surface area contributed by atoms with E-state index in [4.69, 9.17) is 21.6 Å². The van der Waals surface area contributed by atoms with Gasteiger partial charge in [-0.05, 0) is 48.5 Å². The van der Waals surface area contributed by atoms with Gasteiger partial charge < -0.3 is 16.0 Å². The monoisotopic (exact) mass is 500 g/mol. The molecule has 1 aliphatic heterocycles. The summed E-state index contributed by atoms with van der Waals surface area (Å²) in [6.45, 7) is 0.273. The molecule has 3 aromatic carbocycles. The number of nitrogens with zero attached hydrogens (tertiary/aromatic N) is 3. The highest BCUT2D eigenvalue weighted by Gasteiger charge is 2.25. The predicted octanol–water partition coefficient (Wildman–Crippen LogP) is 5.43. The molecule has 5 rings (SSSR count). The van der Waals surface area contributed by atoms with Crippen LogP contribution in [0.4, 0.5) is 21.7 Å². The fourth-order valence-electron chi connectivity index (χ4n) is 4.15. The Morgan fingerprint density at radius 2 is 1.83 bits per heavy atom.